The van der Waals surface area contributed by atoms with Crippen molar-refractivity contribution in [2.24, 2.45) is 5.41 Å². The molecule has 3 aliphatic rings. The highest BCUT2D eigenvalue weighted by Crippen LogP contribution is 2.47. The van der Waals surface area contributed by atoms with E-state index in [1.165, 1.54) is 0 Å². The van der Waals surface area contributed by atoms with Gasteiger partial charge in [0.15, 0.2) is 0 Å². The lowest BCUT2D eigenvalue weighted by Gasteiger charge is -2.33. The Bertz CT molecular complexity index is 917. The highest BCUT2D eigenvalue weighted by molar-refractivity contribution is 6.14. The van der Waals surface area contributed by atoms with Gasteiger partial charge in [0.25, 0.3) is 5.91 Å². The molecule has 0 atom stereocenters. The molecule has 0 radical (unpaired) electrons. The maximum atomic E-state index is 12.6. The van der Waals surface area contributed by atoms with Crippen LogP contribution in [-0.2, 0) is 17.8 Å². The van der Waals surface area contributed by atoms with Crippen molar-refractivity contribution in [3.8, 4) is 0 Å². The molecule has 1 saturated carbocycles. The van der Waals surface area contributed by atoms with E-state index in [1.807, 2.05) is 30.0 Å². The topological polar surface area (TPSA) is 74.3 Å². The van der Waals surface area contributed by atoms with Gasteiger partial charge in [-0.2, -0.15) is 0 Å². The summed E-state index contributed by atoms with van der Waals surface area (Å²) in [5, 5.41) is 0.883. The molecule has 0 bridgehead atoms. The number of hydrogen-bond donors (Lipinski definition) is 2. The van der Waals surface area contributed by atoms with Crippen molar-refractivity contribution in [1.82, 2.24) is 15.3 Å². The van der Waals surface area contributed by atoms with Gasteiger partial charge in [0.1, 0.15) is 0 Å². The number of carbonyl (C=O) groups excluding carboxylic acids is 2. The van der Waals surface area contributed by atoms with Crippen LogP contribution in [0.5, 0.6) is 0 Å². The van der Waals surface area contributed by atoms with E-state index >= 15 is 0 Å². The number of aromatic nitrogens is 1. The maximum Gasteiger partial charge on any atom is 0.270 e. The average molecular weight is 322 g/mol. The second-order valence-corrected chi connectivity index (χ2v) is 7.23. The number of amides is 2. The van der Waals surface area contributed by atoms with Crippen LogP contribution < -0.4 is 10.9 Å². The molecule has 0 spiro atoms. The maximum absolute atomic E-state index is 12.6. The Labute approximate surface area is 139 Å². The number of rotatable bonds is 1. The van der Waals surface area contributed by atoms with E-state index in [4.69, 9.17) is 4.98 Å². The molecule has 6 nitrogen and oxygen atoms in total. The van der Waals surface area contributed by atoms with E-state index in [0.29, 0.717) is 18.7 Å². The molecule has 24 heavy (non-hydrogen) atoms. The first-order chi connectivity index (χ1) is 11.6. The zero-order valence-corrected chi connectivity index (χ0v) is 13.5. The van der Waals surface area contributed by atoms with E-state index in [1.54, 1.807) is 0 Å². The molecular formula is C18H18N4O2. The number of pyridine rings is 1. The van der Waals surface area contributed by atoms with Crippen LogP contribution in [0.4, 0.5) is 5.69 Å². The molecule has 6 heteroatoms. The van der Waals surface area contributed by atoms with Crippen LogP contribution >= 0.6 is 0 Å². The summed E-state index contributed by atoms with van der Waals surface area (Å²) in [6.07, 6.45) is 2.73. The van der Waals surface area contributed by atoms with Crippen LogP contribution in [-0.4, -0.2) is 28.2 Å². The Morgan fingerprint density at radius 2 is 2.12 bits per heavy atom. The summed E-state index contributed by atoms with van der Waals surface area (Å²) < 4.78 is 0. The summed E-state index contributed by atoms with van der Waals surface area (Å²) in [7, 11) is 0. The Balaban J connectivity index is 1.62. The second-order valence-electron chi connectivity index (χ2n) is 7.23. The number of nitrogens with one attached hydrogen (secondary N) is 2. The van der Waals surface area contributed by atoms with Crippen LogP contribution in [0.15, 0.2) is 18.2 Å². The number of hydrazine groups is 1. The fourth-order valence-electron chi connectivity index (χ4n) is 3.78. The number of benzene rings is 1. The van der Waals surface area contributed by atoms with E-state index in [2.05, 4.69) is 10.9 Å². The Morgan fingerprint density at radius 3 is 2.92 bits per heavy atom. The van der Waals surface area contributed by atoms with Gasteiger partial charge in [-0.1, -0.05) is 13.0 Å². The largest absolute Gasteiger partial charge is 0.336 e. The molecule has 1 aromatic heterocycles. The summed E-state index contributed by atoms with van der Waals surface area (Å²) >= 11 is 0. The zero-order chi connectivity index (χ0) is 16.5. The fourth-order valence-corrected chi connectivity index (χ4v) is 3.78. The van der Waals surface area contributed by atoms with Gasteiger partial charge < -0.3 is 4.90 Å². The van der Waals surface area contributed by atoms with E-state index < -0.39 is 0 Å². The van der Waals surface area contributed by atoms with Gasteiger partial charge in [0.05, 0.1) is 29.0 Å². The number of anilines is 1. The zero-order valence-electron chi connectivity index (χ0n) is 13.5. The van der Waals surface area contributed by atoms with Crippen LogP contribution in [0.2, 0.25) is 0 Å². The molecule has 5 rings (SSSR count). The predicted molar refractivity (Wildman–Crippen MR) is 89.3 cm³/mol. The van der Waals surface area contributed by atoms with Crippen molar-refractivity contribution in [3.63, 3.8) is 0 Å². The Hall–Kier alpha value is -2.63. The van der Waals surface area contributed by atoms with Crippen molar-refractivity contribution in [1.29, 1.82) is 0 Å². The van der Waals surface area contributed by atoms with Gasteiger partial charge in [-0.05, 0) is 31.4 Å². The minimum absolute atomic E-state index is 0.135. The quantitative estimate of drug-likeness (QED) is 0.842. The van der Waals surface area contributed by atoms with Gasteiger partial charge in [-0.3, -0.25) is 25.4 Å². The molecule has 2 aliphatic heterocycles. The molecule has 122 valence electrons. The summed E-state index contributed by atoms with van der Waals surface area (Å²) in [5.74, 6) is 0.114. The Morgan fingerprint density at radius 1 is 1.29 bits per heavy atom. The van der Waals surface area contributed by atoms with Gasteiger partial charge in [0.2, 0.25) is 5.91 Å². The third kappa shape index (κ3) is 1.79. The van der Waals surface area contributed by atoms with Crippen LogP contribution in [0.1, 0.15) is 41.4 Å². The number of carbonyl (C=O) groups is 2. The smallest absolute Gasteiger partial charge is 0.270 e. The lowest BCUT2D eigenvalue weighted by atomic mass is 9.95. The molecular weight excluding hydrogens is 304 g/mol. The summed E-state index contributed by atoms with van der Waals surface area (Å²) in [6, 6.07) is 5.59. The average Bonchev–Trinajstić information content (AvgIpc) is 3.35. The van der Waals surface area contributed by atoms with E-state index in [0.717, 1.165) is 47.1 Å². The molecule has 1 aliphatic carbocycles. The normalized spacial score (nSPS) is 20.2. The van der Waals surface area contributed by atoms with Crippen molar-refractivity contribution < 1.29 is 9.59 Å². The number of fused-ring (bicyclic) bond motifs is 2. The number of nitrogens with zero attached hydrogens (tertiary/aromatic N) is 2. The first kappa shape index (κ1) is 13.8. The standard InChI is InChI=1S/C18H18N4O2/c1-18(6-7-18)17(24)22-8-5-10-13(9-22)19-12-4-2-3-11-14(12)15(10)20-21-16(11)23/h2-4,20H,5-9H2,1H3,(H,21,23). The van der Waals surface area contributed by atoms with Crippen LogP contribution in [0.3, 0.4) is 0 Å². The third-order valence-corrected chi connectivity index (χ3v) is 5.52. The number of hydrogen-bond acceptors (Lipinski definition) is 4. The molecule has 1 aromatic carbocycles. The van der Waals surface area contributed by atoms with Crippen molar-refractivity contribution in [3.05, 3.63) is 35.0 Å². The predicted octanol–water partition coefficient (Wildman–Crippen LogP) is 1.99. The lowest BCUT2D eigenvalue weighted by molar-refractivity contribution is -0.137. The minimum Gasteiger partial charge on any atom is -0.336 e. The second kappa shape index (κ2) is 4.47. The highest BCUT2D eigenvalue weighted by atomic mass is 16.2. The van der Waals surface area contributed by atoms with Crippen LogP contribution in [0, 0.1) is 5.41 Å². The van der Waals surface area contributed by atoms with Gasteiger partial charge in [-0.15, -0.1) is 0 Å². The lowest BCUT2D eigenvalue weighted by Crippen LogP contribution is -2.41. The molecule has 0 saturated heterocycles. The summed E-state index contributed by atoms with van der Waals surface area (Å²) in [6.45, 7) is 3.30. The minimum atomic E-state index is -0.151. The van der Waals surface area contributed by atoms with E-state index in [-0.39, 0.29) is 17.2 Å². The van der Waals surface area contributed by atoms with Crippen molar-refractivity contribution >= 4 is 28.4 Å². The first-order valence-electron chi connectivity index (χ1n) is 8.37. The highest BCUT2D eigenvalue weighted by Gasteiger charge is 2.47. The molecule has 3 heterocycles. The molecule has 0 unspecified atom stereocenters. The monoisotopic (exact) mass is 322 g/mol. The molecule has 1 fully saturated rings. The molecule has 2 aromatic rings. The molecule has 2 N–H and O–H groups in total. The summed E-state index contributed by atoms with van der Waals surface area (Å²) in [4.78, 5) is 31.4. The van der Waals surface area contributed by atoms with Crippen molar-refractivity contribution in [2.45, 2.75) is 32.7 Å². The first-order valence-corrected chi connectivity index (χ1v) is 8.37. The SMILES string of the molecule is CC1(C(=O)N2CCc3c(nc4cccc5c4c3NNC5=O)C2)CC1. The van der Waals surface area contributed by atoms with E-state index in [9.17, 15) is 9.59 Å². The van der Waals surface area contributed by atoms with Gasteiger partial charge >= 0.3 is 0 Å². The van der Waals surface area contributed by atoms with Gasteiger partial charge in [0, 0.05) is 22.9 Å². The summed E-state index contributed by atoms with van der Waals surface area (Å²) in [5.41, 5.74) is 10.1. The van der Waals surface area contributed by atoms with Crippen molar-refractivity contribution in [2.75, 3.05) is 12.0 Å². The van der Waals surface area contributed by atoms with Crippen LogP contribution in [0.25, 0.3) is 10.9 Å². The molecule has 2 amide bonds. The fraction of sp³-hybridized carbons (Fsp3) is 0.389. The third-order valence-electron chi connectivity index (χ3n) is 5.52. The Kier molecular flexibility index (Phi) is 2.56. The van der Waals surface area contributed by atoms with Gasteiger partial charge in [-0.25, -0.2) is 0 Å².